The van der Waals surface area contributed by atoms with Gasteiger partial charge in [0.05, 0.1) is 12.2 Å². The molecule has 0 unspecified atom stereocenters. The van der Waals surface area contributed by atoms with Crippen LogP contribution in [-0.2, 0) is 6.54 Å². The van der Waals surface area contributed by atoms with E-state index in [0.717, 1.165) is 33.7 Å². The minimum Gasteiger partial charge on any atom is -0.457 e. The molecule has 0 radical (unpaired) electrons. The minimum absolute atomic E-state index is 0.0336. The standard InChI is InChI=1S/C30H24ClNO2/c1-20-8-9-23(21(2)16-20)19-32-29(18-24-17-25(31)12-15-28(24)30(32)33)22-10-13-27(14-11-22)34-26-6-4-3-5-7-26/h3-18H,19H2,1-2H3. The summed E-state index contributed by atoms with van der Waals surface area (Å²) in [6.07, 6.45) is 0. The van der Waals surface area contributed by atoms with Crippen molar-refractivity contribution in [2.45, 2.75) is 20.4 Å². The Bertz CT molecular complexity index is 1540. The van der Waals surface area contributed by atoms with E-state index in [2.05, 4.69) is 32.0 Å². The number of hydrogen-bond acceptors (Lipinski definition) is 2. The van der Waals surface area contributed by atoms with Crippen molar-refractivity contribution in [3.8, 4) is 22.8 Å². The number of benzene rings is 4. The first-order valence-electron chi connectivity index (χ1n) is 11.2. The average Bonchev–Trinajstić information content (AvgIpc) is 2.83. The molecule has 0 bridgehead atoms. The number of aromatic nitrogens is 1. The first-order valence-corrected chi connectivity index (χ1v) is 11.6. The van der Waals surface area contributed by atoms with Crippen LogP contribution >= 0.6 is 11.6 Å². The highest BCUT2D eigenvalue weighted by molar-refractivity contribution is 6.31. The Kier molecular flexibility index (Phi) is 5.95. The quantitative estimate of drug-likeness (QED) is 0.265. The molecule has 0 saturated carbocycles. The molecule has 3 nitrogen and oxygen atoms in total. The van der Waals surface area contributed by atoms with E-state index in [1.807, 2.05) is 71.3 Å². The molecular formula is C30H24ClNO2. The second kappa shape index (κ2) is 9.20. The van der Waals surface area contributed by atoms with Crippen molar-refractivity contribution in [2.75, 3.05) is 0 Å². The lowest BCUT2D eigenvalue weighted by atomic mass is 10.0. The van der Waals surface area contributed by atoms with E-state index < -0.39 is 0 Å². The number of halogens is 1. The molecule has 0 aliphatic heterocycles. The Morgan fingerprint density at radius 1 is 0.794 bits per heavy atom. The average molecular weight is 466 g/mol. The van der Waals surface area contributed by atoms with Crippen LogP contribution in [0.5, 0.6) is 11.5 Å². The lowest BCUT2D eigenvalue weighted by Crippen LogP contribution is -2.23. The van der Waals surface area contributed by atoms with Crippen LogP contribution in [0.2, 0.25) is 5.02 Å². The van der Waals surface area contributed by atoms with E-state index in [1.165, 1.54) is 11.1 Å². The van der Waals surface area contributed by atoms with E-state index >= 15 is 0 Å². The van der Waals surface area contributed by atoms with Crippen molar-refractivity contribution in [1.82, 2.24) is 4.57 Å². The second-order valence-electron chi connectivity index (χ2n) is 8.52. The number of ether oxygens (including phenoxy) is 1. The van der Waals surface area contributed by atoms with E-state index in [9.17, 15) is 4.79 Å². The topological polar surface area (TPSA) is 31.2 Å². The van der Waals surface area contributed by atoms with E-state index in [-0.39, 0.29) is 5.56 Å². The van der Waals surface area contributed by atoms with Crippen LogP contribution in [0.1, 0.15) is 16.7 Å². The van der Waals surface area contributed by atoms with Crippen molar-refractivity contribution >= 4 is 22.4 Å². The van der Waals surface area contributed by atoms with Gasteiger partial charge in [0.15, 0.2) is 0 Å². The van der Waals surface area contributed by atoms with Crippen molar-refractivity contribution in [3.05, 3.63) is 129 Å². The van der Waals surface area contributed by atoms with Crippen LogP contribution in [0.4, 0.5) is 0 Å². The fraction of sp³-hybridized carbons (Fsp3) is 0.100. The molecule has 0 N–H and O–H groups in total. The third-order valence-corrected chi connectivity index (χ3v) is 6.26. The van der Waals surface area contributed by atoms with Crippen molar-refractivity contribution in [3.63, 3.8) is 0 Å². The third kappa shape index (κ3) is 4.48. The SMILES string of the molecule is Cc1ccc(Cn2c(-c3ccc(Oc4ccccc4)cc3)cc3cc(Cl)ccc3c2=O)c(C)c1. The van der Waals surface area contributed by atoms with Gasteiger partial charge in [-0.2, -0.15) is 0 Å². The van der Waals surface area contributed by atoms with Crippen LogP contribution in [-0.4, -0.2) is 4.57 Å². The summed E-state index contributed by atoms with van der Waals surface area (Å²) in [4.78, 5) is 13.6. The first-order chi connectivity index (χ1) is 16.5. The molecule has 0 aliphatic rings. The lowest BCUT2D eigenvalue weighted by molar-refractivity contribution is 0.483. The normalized spacial score (nSPS) is 11.0. The molecular weight excluding hydrogens is 442 g/mol. The summed E-state index contributed by atoms with van der Waals surface area (Å²) in [6, 6.07) is 31.3. The molecule has 0 amide bonds. The van der Waals surface area contributed by atoms with Crippen molar-refractivity contribution in [2.24, 2.45) is 0 Å². The number of fused-ring (bicyclic) bond motifs is 1. The summed E-state index contributed by atoms with van der Waals surface area (Å²) < 4.78 is 7.79. The van der Waals surface area contributed by atoms with Gasteiger partial charge >= 0.3 is 0 Å². The zero-order valence-electron chi connectivity index (χ0n) is 19.1. The molecule has 0 fully saturated rings. The second-order valence-corrected chi connectivity index (χ2v) is 8.96. The first kappa shape index (κ1) is 22.0. The molecule has 0 spiro atoms. The predicted octanol–water partition coefficient (Wildman–Crippen LogP) is 7.78. The molecule has 168 valence electrons. The highest BCUT2D eigenvalue weighted by Crippen LogP contribution is 2.28. The molecule has 0 aliphatic carbocycles. The molecule has 5 rings (SSSR count). The molecule has 0 saturated heterocycles. The van der Waals surface area contributed by atoms with Gasteiger partial charge in [-0.3, -0.25) is 4.79 Å². The van der Waals surface area contributed by atoms with E-state index in [1.54, 1.807) is 12.1 Å². The summed E-state index contributed by atoms with van der Waals surface area (Å²) in [5.74, 6) is 1.52. The van der Waals surface area contributed by atoms with Gasteiger partial charge in [-0.25, -0.2) is 0 Å². The number of pyridine rings is 1. The monoisotopic (exact) mass is 465 g/mol. The predicted molar refractivity (Wildman–Crippen MR) is 140 cm³/mol. The molecule has 5 aromatic rings. The molecule has 1 aromatic heterocycles. The Labute approximate surface area is 203 Å². The van der Waals surface area contributed by atoms with Gasteiger partial charge < -0.3 is 9.30 Å². The number of aryl methyl sites for hydroxylation is 2. The summed E-state index contributed by atoms with van der Waals surface area (Å²) >= 11 is 6.25. The van der Waals surface area contributed by atoms with Crippen LogP contribution in [0, 0.1) is 13.8 Å². The Morgan fingerprint density at radius 2 is 1.53 bits per heavy atom. The summed E-state index contributed by atoms with van der Waals surface area (Å²) in [5, 5.41) is 2.09. The molecule has 0 atom stereocenters. The Balaban J connectivity index is 1.61. The summed E-state index contributed by atoms with van der Waals surface area (Å²) in [6.45, 7) is 4.65. The largest absolute Gasteiger partial charge is 0.457 e. The van der Waals surface area contributed by atoms with Gasteiger partial charge in [0.2, 0.25) is 0 Å². The van der Waals surface area contributed by atoms with E-state index in [4.69, 9.17) is 16.3 Å². The van der Waals surface area contributed by atoms with Crippen LogP contribution in [0.25, 0.3) is 22.0 Å². The van der Waals surface area contributed by atoms with Crippen molar-refractivity contribution < 1.29 is 4.74 Å². The Hall–Kier alpha value is -3.82. The number of rotatable bonds is 5. The van der Waals surface area contributed by atoms with Gasteiger partial charge in [0.25, 0.3) is 5.56 Å². The zero-order chi connectivity index (χ0) is 23.7. The molecule has 34 heavy (non-hydrogen) atoms. The van der Waals surface area contributed by atoms with Crippen LogP contribution in [0.3, 0.4) is 0 Å². The molecule has 4 aromatic carbocycles. The smallest absolute Gasteiger partial charge is 0.259 e. The fourth-order valence-electron chi connectivity index (χ4n) is 4.24. The summed E-state index contributed by atoms with van der Waals surface area (Å²) in [7, 11) is 0. The number of nitrogens with zero attached hydrogens (tertiary/aromatic N) is 1. The van der Waals surface area contributed by atoms with Crippen LogP contribution in [0.15, 0.2) is 102 Å². The summed E-state index contributed by atoms with van der Waals surface area (Å²) in [5.41, 5.74) is 5.23. The number of hydrogen-bond donors (Lipinski definition) is 0. The Morgan fingerprint density at radius 3 is 2.26 bits per heavy atom. The van der Waals surface area contributed by atoms with Gasteiger partial charge in [-0.1, -0.05) is 53.6 Å². The molecule has 1 heterocycles. The fourth-order valence-corrected chi connectivity index (χ4v) is 4.42. The van der Waals surface area contributed by atoms with Gasteiger partial charge in [-0.05, 0) is 96.6 Å². The minimum atomic E-state index is -0.0336. The van der Waals surface area contributed by atoms with Gasteiger partial charge in [0.1, 0.15) is 11.5 Å². The third-order valence-electron chi connectivity index (χ3n) is 6.03. The van der Waals surface area contributed by atoms with E-state index in [0.29, 0.717) is 17.0 Å². The maximum Gasteiger partial charge on any atom is 0.259 e. The zero-order valence-corrected chi connectivity index (χ0v) is 19.8. The maximum atomic E-state index is 13.6. The van der Waals surface area contributed by atoms with Gasteiger partial charge in [-0.15, -0.1) is 0 Å². The molecule has 4 heteroatoms. The van der Waals surface area contributed by atoms with Crippen molar-refractivity contribution in [1.29, 1.82) is 0 Å². The van der Waals surface area contributed by atoms with Gasteiger partial charge in [0, 0.05) is 10.4 Å². The van der Waals surface area contributed by atoms with Crippen LogP contribution < -0.4 is 10.3 Å². The highest BCUT2D eigenvalue weighted by Gasteiger charge is 2.13. The maximum absolute atomic E-state index is 13.6. The number of para-hydroxylation sites is 1. The lowest BCUT2D eigenvalue weighted by Gasteiger charge is -2.17. The highest BCUT2D eigenvalue weighted by atomic mass is 35.5.